The maximum absolute atomic E-state index is 12.7. The van der Waals surface area contributed by atoms with E-state index in [1.165, 1.54) is 35.1 Å². The summed E-state index contributed by atoms with van der Waals surface area (Å²) in [5, 5.41) is 12.9. The third kappa shape index (κ3) is 5.06. The van der Waals surface area contributed by atoms with Crippen molar-refractivity contribution in [2.24, 2.45) is 0 Å². The number of thiophene rings is 1. The van der Waals surface area contributed by atoms with Crippen LogP contribution in [-0.2, 0) is 28.9 Å². The molecule has 164 valence electrons. The Morgan fingerprint density at radius 3 is 2.70 bits per heavy atom. The van der Waals surface area contributed by atoms with Crippen molar-refractivity contribution in [1.82, 2.24) is 14.8 Å². The van der Waals surface area contributed by atoms with Crippen LogP contribution >= 0.6 is 23.1 Å². The number of nitrogens with one attached hydrogen (secondary N) is 1. The Balaban J connectivity index is 1.73. The van der Waals surface area contributed by atoms with Crippen molar-refractivity contribution in [1.29, 1.82) is 0 Å². The molecule has 0 fully saturated rings. The summed E-state index contributed by atoms with van der Waals surface area (Å²) in [7, 11) is 1.39. The van der Waals surface area contributed by atoms with Gasteiger partial charge in [0.15, 0.2) is 5.16 Å². The first-order valence-electron chi connectivity index (χ1n) is 10.5. The number of hydrogen-bond donors (Lipinski definition) is 1. The Labute approximate surface area is 186 Å². The molecule has 1 N–H and O–H groups in total. The molecular formula is C21H30N4O3S2. The van der Waals surface area contributed by atoms with E-state index in [9.17, 15) is 9.59 Å². The molecule has 0 unspecified atom stereocenters. The number of carbonyl (C=O) groups is 2. The largest absolute Gasteiger partial charge is 0.465 e. The molecule has 0 bridgehead atoms. The van der Waals surface area contributed by atoms with Gasteiger partial charge in [-0.1, -0.05) is 39.0 Å². The number of thioether (sulfide) groups is 1. The minimum atomic E-state index is -0.374. The summed E-state index contributed by atoms with van der Waals surface area (Å²) in [5.74, 6) is 0.898. The van der Waals surface area contributed by atoms with Gasteiger partial charge in [-0.3, -0.25) is 4.79 Å². The topological polar surface area (TPSA) is 86.1 Å². The summed E-state index contributed by atoms with van der Waals surface area (Å²) in [6, 6.07) is 0. The second kappa shape index (κ2) is 10.4. The van der Waals surface area contributed by atoms with Crippen molar-refractivity contribution >= 4 is 40.0 Å². The van der Waals surface area contributed by atoms with Crippen LogP contribution in [0.5, 0.6) is 0 Å². The second-order valence-corrected chi connectivity index (χ2v) is 9.79. The number of anilines is 1. The lowest BCUT2D eigenvalue weighted by Crippen LogP contribution is -2.17. The van der Waals surface area contributed by atoms with E-state index in [2.05, 4.69) is 40.9 Å². The predicted molar refractivity (Wildman–Crippen MR) is 121 cm³/mol. The molecular weight excluding hydrogens is 420 g/mol. The van der Waals surface area contributed by atoms with Crippen LogP contribution in [0, 0.1) is 0 Å². The highest BCUT2D eigenvalue weighted by Crippen LogP contribution is 2.38. The summed E-state index contributed by atoms with van der Waals surface area (Å²) in [5.41, 5.74) is 1.59. The van der Waals surface area contributed by atoms with Crippen LogP contribution in [-0.4, -0.2) is 39.5 Å². The zero-order chi connectivity index (χ0) is 21.7. The average molecular weight is 451 g/mol. The second-order valence-electron chi connectivity index (χ2n) is 7.74. The van der Waals surface area contributed by atoms with Crippen molar-refractivity contribution < 1.29 is 14.3 Å². The summed E-state index contributed by atoms with van der Waals surface area (Å²) >= 11 is 2.89. The predicted octanol–water partition coefficient (Wildman–Crippen LogP) is 4.66. The Morgan fingerprint density at radius 2 is 2.00 bits per heavy atom. The van der Waals surface area contributed by atoms with E-state index in [1.807, 2.05) is 0 Å². The molecule has 2 aromatic heterocycles. The van der Waals surface area contributed by atoms with E-state index in [1.54, 1.807) is 0 Å². The van der Waals surface area contributed by atoms with Crippen molar-refractivity contribution in [3.8, 4) is 0 Å². The van der Waals surface area contributed by atoms with Gasteiger partial charge in [0.25, 0.3) is 0 Å². The SMILES string of the molecule is CCCn1c(SCC(=O)Nc2sc3c(c2C(=O)OC)CCCCC3)nnc1C(C)C. The van der Waals surface area contributed by atoms with E-state index >= 15 is 0 Å². The number of amides is 1. The fourth-order valence-corrected chi connectivity index (χ4v) is 5.77. The van der Waals surface area contributed by atoms with Crippen LogP contribution in [0.3, 0.4) is 0 Å². The fraction of sp³-hybridized carbons (Fsp3) is 0.619. The van der Waals surface area contributed by atoms with E-state index in [0.29, 0.717) is 10.6 Å². The Hall–Kier alpha value is -1.87. The molecule has 1 aliphatic rings. The Bertz CT molecular complexity index is 904. The maximum Gasteiger partial charge on any atom is 0.341 e. The van der Waals surface area contributed by atoms with E-state index < -0.39 is 0 Å². The van der Waals surface area contributed by atoms with Crippen LogP contribution in [0.2, 0.25) is 0 Å². The highest BCUT2D eigenvalue weighted by atomic mass is 32.2. The average Bonchev–Trinajstić information content (AvgIpc) is 3.19. The van der Waals surface area contributed by atoms with Gasteiger partial charge < -0.3 is 14.6 Å². The van der Waals surface area contributed by atoms with Crippen LogP contribution in [0.4, 0.5) is 5.00 Å². The highest BCUT2D eigenvalue weighted by molar-refractivity contribution is 7.99. The Morgan fingerprint density at radius 1 is 1.23 bits per heavy atom. The molecule has 30 heavy (non-hydrogen) atoms. The number of rotatable bonds is 8. The van der Waals surface area contributed by atoms with E-state index in [4.69, 9.17) is 4.74 Å². The molecule has 0 radical (unpaired) electrons. The first-order valence-corrected chi connectivity index (χ1v) is 12.3. The molecule has 0 saturated heterocycles. The van der Waals surface area contributed by atoms with Crippen molar-refractivity contribution in [2.75, 3.05) is 18.2 Å². The van der Waals surface area contributed by atoms with Crippen molar-refractivity contribution in [3.05, 3.63) is 21.8 Å². The van der Waals surface area contributed by atoms with Gasteiger partial charge in [0.2, 0.25) is 5.91 Å². The molecule has 9 heteroatoms. The third-order valence-corrected chi connectivity index (χ3v) is 7.28. The van der Waals surface area contributed by atoms with Gasteiger partial charge in [-0.25, -0.2) is 4.79 Å². The lowest BCUT2D eigenvalue weighted by atomic mass is 10.1. The minimum absolute atomic E-state index is 0.154. The standard InChI is InChI=1S/C21H30N4O3S2/c1-5-11-25-18(13(2)3)23-24-21(25)29-12-16(26)22-19-17(20(27)28-4)14-9-7-6-8-10-15(14)30-19/h13H,5-12H2,1-4H3,(H,22,26). The lowest BCUT2D eigenvalue weighted by Gasteiger charge is -2.11. The maximum atomic E-state index is 12.7. The molecule has 0 spiro atoms. The van der Waals surface area contributed by atoms with Gasteiger partial charge in [0, 0.05) is 17.3 Å². The normalized spacial score (nSPS) is 13.8. The molecule has 2 heterocycles. The molecule has 1 amide bonds. The smallest absolute Gasteiger partial charge is 0.341 e. The number of esters is 1. The first-order chi connectivity index (χ1) is 14.5. The molecule has 3 rings (SSSR count). The van der Waals surface area contributed by atoms with Gasteiger partial charge >= 0.3 is 5.97 Å². The molecule has 0 atom stereocenters. The molecule has 2 aromatic rings. The van der Waals surface area contributed by atoms with Crippen LogP contribution in [0.25, 0.3) is 0 Å². The van der Waals surface area contributed by atoms with E-state index in [0.717, 1.165) is 61.6 Å². The molecule has 0 aromatic carbocycles. The summed E-state index contributed by atoms with van der Waals surface area (Å²) in [6.07, 6.45) is 6.12. The van der Waals surface area contributed by atoms with Gasteiger partial charge in [-0.15, -0.1) is 21.5 Å². The number of carbonyl (C=O) groups excluding carboxylic acids is 2. The Kier molecular flexibility index (Phi) is 7.93. The van der Waals surface area contributed by atoms with Crippen LogP contribution < -0.4 is 5.32 Å². The van der Waals surface area contributed by atoms with Crippen LogP contribution in [0.1, 0.15) is 79.0 Å². The number of fused-ring (bicyclic) bond motifs is 1. The fourth-order valence-electron chi connectivity index (χ4n) is 3.71. The van der Waals surface area contributed by atoms with Crippen molar-refractivity contribution in [2.45, 2.75) is 76.9 Å². The molecule has 0 aliphatic heterocycles. The van der Waals surface area contributed by atoms with Crippen molar-refractivity contribution in [3.63, 3.8) is 0 Å². The van der Waals surface area contributed by atoms with Gasteiger partial charge in [-0.2, -0.15) is 0 Å². The number of aromatic nitrogens is 3. The van der Waals surface area contributed by atoms with Gasteiger partial charge in [0.1, 0.15) is 10.8 Å². The van der Waals surface area contributed by atoms with Gasteiger partial charge in [-0.05, 0) is 37.7 Å². The number of ether oxygens (including phenoxy) is 1. The molecule has 0 saturated carbocycles. The summed E-state index contributed by atoms with van der Waals surface area (Å²) in [6.45, 7) is 7.12. The quantitative estimate of drug-likeness (QED) is 0.358. The zero-order valence-electron chi connectivity index (χ0n) is 18.1. The number of methoxy groups -OCH3 is 1. The zero-order valence-corrected chi connectivity index (χ0v) is 19.8. The first kappa shape index (κ1) is 22.8. The minimum Gasteiger partial charge on any atom is -0.465 e. The number of nitrogens with zero attached hydrogens (tertiary/aromatic N) is 3. The number of hydrogen-bond acceptors (Lipinski definition) is 7. The monoisotopic (exact) mass is 450 g/mol. The number of aryl methyl sites for hydroxylation is 1. The van der Waals surface area contributed by atoms with Crippen LogP contribution in [0.15, 0.2) is 5.16 Å². The molecule has 1 aliphatic carbocycles. The van der Waals surface area contributed by atoms with Gasteiger partial charge in [0.05, 0.1) is 18.4 Å². The third-order valence-electron chi connectivity index (χ3n) is 5.11. The summed E-state index contributed by atoms with van der Waals surface area (Å²) in [4.78, 5) is 26.3. The van der Waals surface area contributed by atoms with E-state index in [-0.39, 0.29) is 23.5 Å². The molecule has 7 nitrogen and oxygen atoms in total. The highest BCUT2D eigenvalue weighted by Gasteiger charge is 2.26. The lowest BCUT2D eigenvalue weighted by molar-refractivity contribution is -0.113. The summed E-state index contributed by atoms with van der Waals surface area (Å²) < 4.78 is 7.10.